The summed E-state index contributed by atoms with van der Waals surface area (Å²) in [6, 6.07) is -0.380. The summed E-state index contributed by atoms with van der Waals surface area (Å²) in [5.41, 5.74) is 0.446. The van der Waals surface area contributed by atoms with Crippen LogP contribution >= 0.6 is 11.3 Å². The van der Waals surface area contributed by atoms with Gasteiger partial charge in [-0.2, -0.15) is 0 Å². The fourth-order valence-electron chi connectivity index (χ4n) is 2.45. The van der Waals surface area contributed by atoms with Gasteiger partial charge < -0.3 is 15.3 Å². The van der Waals surface area contributed by atoms with Gasteiger partial charge in [-0.3, -0.25) is 9.59 Å². The van der Waals surface area contributed by atoms with Crippen molar-refractivity contribution in [3.63, 3.8) is 0 Å². The Morgan fingerprint density at radius 1 is 1.55 bits per heavy atom. The Balaban J connectivity index is 2.01. The van der Waals surface area contributed by atoms with Gasteiger partial charge in [-0.15, -0.1) is 11.3 Å². The molecule has 1 saturated heterocycles. The first-order chi connectivity index (χ1) is 10.3. The third-order valence-corrected chi connectivity index (χ3v) is 5.03. The Kier molecular flexibility index (Phi) is 4.80. The quantitative estimate of drug-likeness (QED) is 0.847. The molecule has 120 valence electrons. The summed E-state index contributed by atoms with van der Waals surface area (Å²) in [6.07, 6.45) is 0.226. The standard InChI is InChI=1S/C14H19N3O4S/c1-4-17-6-9(5-10(17)18)12(19)15-8(3)13-16-7(2)11(22-13)14(20)21/h8-9H,4-6H2,1-3H3,(H,15,19)(H,20,21). The van der Waals surface area contributed by atoms with Gasteiger partial charge in [0.15, 0.2) is 0 Å². The molecule has 8 heteroatoms. The lowest BCUT2D eigenvalue weighted by Gasteiger charge is -2.16. The number of aryl methyl sites for hydroxylation is 1. The minimum absolute atomic E-state index is 0.00596. The van der Waals surface area contributed by atoms with Gasteiger partial charge in [0.1, 0.15) is 9.88 Å². The topological polar surface area (TPSA) is 99.6 Å². The number of amides is 2. The van der Waals surface area contributed by atoms with Crippen molar-refractivity contribution in [1.82, 2.24) is 15.2 Å². The fourth-order valence-corrected chi connectivity index (χ4v) is 3.36. The normalized spacial score (nSPS) is 19.3. The molecule has 2 rings (SSSR count). The van der Waals surface area contributed by atoms with E-state index in [-0.39, 0.29) is 35.1 Å². The molecule has 1 aromatic heterocycles. The van der Waals surface area contributed by atoms with E-state index in [2.05, 4.69) is 10.3 Å². The van der Waals surface area contributed by atoms with E-state index in [1.54, 1.807) is 18.7 Å². The van der Waals surface area contributed by atoms with Crippen molar-refractivity contribution in [2.75, 3.05) is 13.1 Å². The molecule has 1 aromatic rings. The van der Waals surface area contributed by atoms with E-state index < -0.39 is 5.97 Å². The number of carboxylic acids is 1. The first kappa shape index (κ1) is 16.4. The van der Waals surface area contributed by atoms with Crippen molar-refractivity contribution < 1.29 is 19.5 Å². The zero-order valence-electron chi connectivity index (χ0n) is 12.8. The smallest absolute Gasteiger partial charge is 0.347 e. The van der Waals surface area contributed by atoms with Gasteiger partial charge in [0.2, 0.25) is 11.8 Å². The number of nitrogens with zero attached hydrogens (tertiary/aromatic N) is 2. The van der Waals surface area contributed by atoms with Crippen LogP contribution in [-0.2, 0) is 9.59 Å². The zero-order chi connectivity index (χ0) is 16.4. The highest BCUT2D eigenvalue weighted by Crippen LogP contribution is 2.25. The number of thiazole rings is 1. The van der Waals surface area contributed by atoms with Crippen molar-refractivity contribution in [3.05, 3.63) is 15.6 Å². The first-order valence-electron chi connectivity index (χ1n) is 7.12. The van der Waals surface area contributed by atoms with E-state index in [4.69, 9.17) is 5.11 Å². The molecule has 2 amide bonds. The number of nitrogens with one attached hydrogen (secondary N) is 1. The van der Waals surface area contributed by atoms with Gasteiger partial charge in [0, 0.05) is 19.5 Å². The van der Waals surface area contributed by atoms with Crippen molar-refractivity contribution in [1.29, 1.82) is 0 Å². The molecule has 0 radical (unpaired) electrons. The van der Waals surface area contributed by atoms with E-state index in [0.717, 1.165) is 11.3 Å². The molecule has 22 heavy (non-hydrogen) atoms. The maximum Gasteiger partial charge on any atom is 0.347 e. The van der Waals surface area contributed by atoms with Crippen LogP contribution in [0.2, 0.25) is 0 Å². The van der Waals surface area contributed by atoms with Crippen LogP contribution in [0.3, 0.4) is 0 Å². The number of hydrogen-bond acceptors (Lipinski definition) is 5. The SMILES string of the molecule is CCN1CC(C(=O)NC(C)c2nc(C)c(C(=O)O)s2)CC1=O. The van der Waals surface area contributed by atoms with Crippen LogP contribution in [0.25, 0.3) is 0 Å². The molecule has 1 fully saturated rings. The molecule has 2 unspecified atom stereocenters. The lowest BCUT2D eigenvalue weighted by atomic mass is 10.1. The van der Waals surface area contributed by atoms with Gasteiger partial charge in [0.05, 0.1) is 17.7 Å². The number of carbonyl (C=O) groups is 3. The van der Waals surface area contributed by atoms with E-state index in [1.807, 2.05) is 6.92 Å². The van der Waals surface area contributed by atoms with Crippen molar-refractivity contribution in [2.24, 2.45) is 5.92 Å². The van der Waals surface area contributed by atoms with E-state index in [0.29, 0.717) is 23.8 Å². The van der Waals surface area contributed by atoms with Crippen LogP contribution in [0, 0.1) is 12.8 Å². The van der Waals surface area contributed by atoms with Gasteiger partial charge >= 0.3 is 5.97 Å². The molecular weight excluding hydrogens is 306 g/mol. The number of aromatic nitrogens is 1. The Morgan fingerprint density at radius 2 is 2.23 bits per heavy atom. The Hall–Kier alpha value is -1.96. The van der Waals surface area contributed by atoms with E-state index >= 15 is 0 Å². The largest absolute Gasteiger partial charge is 0.477 e. The molecule has 0 bridgehead atoms. The maximum absolute atomic E-state index is 12.2. The highest BCUT2D eigenvalue weighted by atomic mass is 32.1. The lowest BCUT2D eigenvalue weighted by Crippen LogP contribution is -2.34. The Bertz CT molecular complexity index is 613. The summed E-state index contributed by atoms with van der Waals surface area (Å²) in [4.78, 5) is 41.0. The van der Waals surface area contributed by atoms with Gasteiger partial charge in [-0.05, 0) is 20.8 Å². The van der Waals surface area contributed by atoms with E-state index in [1.165, 1.54) is 0 Å². The van der Waals surface area contributed by atoms with Crippen molar-refractivity contribution >= 4 is 29.1 Å². The molecule has 2 N–H and O–H groups in total. The second-order valence-electron chi connectivity index (χ2n) is 5.34. The van der Waals surface area contributed by atoms with Crippen LogP contribution < -0.4 is 5.32 Å². The average Bonchev–Trinajstić information content (AvgIpc) is 3.01. The predicted molar refractivity (Wildman–Crippen MR) is 80.7 cm³/mol. The number of carbonyl (C=O) groups excluding carboxylic acids is 2. The summed E-state index contributed by atoms with van der Waals surface area (Å²) >= 11 is 1.06. The summed E-state index contributed by atoms with van der Waals surface area (Å²) in [5.74, 6) is -1.57. The summed E-state index contributed by atoms with van der Waals surface area (Å²) < 4.78 is 0. The summed E-state index contributed by atoms with van der Waals surface area (Å²) in [6.45, 7) is 6.31. The molecule has 0 aromatic carbocycles. The highest BCUT2D eigenvalue weighted by Gasteiger charge is 2.34. The second kappa shape index (κ2) is 6.43. The Labute approximate surface area is 132 Å². The minimum atomic E-state index is -1.01. The third kappa shape index (κ3) is 3.27. The van der Waals surface area contributed by atoms with Crippen molar-refractivity contribution in [2.45, 2.75) is 33.2 Å². The van der Waals surface area contributed by atoms with Gasteiger partial charge in [0.25, 0.3) is 0 Å². The summed E-state index contributed by atoms with van der Waals surface area (Å²) in [7, 11) is 0. The third-order valence-electron chi connectivity index (χ3n) is 3.70. The van der Waals surface area contributed by atoms with Crippen LogP contribution in [-0.4, -0.2) is 45.9 Å². The number of likely N-dealkylation sites (tertiary alicyclic amines) is 1. The van der Waals surface area contributed by atoms with Crippen LogP contribution in [0.5, 0.6) is 0 Å². The first-order valence-corrected chi connectivity index (χ1v) is 7.93. The summed E-state index contributed by atoms with van der Waals surface area (Å²) in [5, 5.41) is 12.4. The molecular formula is C14H19N3O4S. The Morgan fingerprint density at radius 3 is 2.73 bits per heavy atom. The fraction of sp³-hybridized carbons (Fsp3) is 0.571. The molecule has 7 nitrogen and oxygen atoms in total. The number of carboxylic acid groups (broad SMARTS) is 1. The monoisotopic (exact) mass is 325 g/mol. The molecule has 2 heterocycles. The zero-order valence-corrected chi connectivity index (χ0v) is 13.6. The predicted octanol–water partition coefficient (Wildman–Crippen LogP) is 1.20. The molecule has 2 atom stereocenters. The molecule has 1 aliphatic rings. The lowest BCUT2D eigenvalue weighted by molar-refractivity contribution is -0.129. The van der Waals surface area contributed by atoms with Gasteiger partial charge in [-0.25, -0.2) is 9.78 Å². The van der Waals surface area contributed by atoms with Gasteiger partial charge in [-0.1, -0.05) is 0 Å². The number of hydrogen-bond donors (Lipinski definition) is 2. The molecule has 0 aliphatic carbocycles. The minimum Gasteiger partial charge on any atom is -0.477 e. The van der Waals surface area contributed by atoms with Crippen LogP contribution in [0.15, 0.2) is 0 Å². The second-order valence-corrected chi connectivity index (χ2v) is 6.37. The van der Waals surface area contributed by atoms with E-state index in [9.17, 15) is 14.4 Å². The number of rotatable bonds is 5. The van der Waals surface area contributed by atoms with Crippen LogP contribution in [0.1, 0.15) is 46.7 Å². The molecule has 0 spiro atoms. The molecule has 1 aliphatic heterocycles. The molecule has 0 saturated carbocycles. The van der Waals surface area contributed by atoms with Crippen LogP contribution in [0.4, 0.5) is 0 Å². The maximum atomic E-state index is 12.2. The average molecular weight is 325 g/mol. The number of aromatic carboxylic acids is 1. The highest BCUT2D eigenvalue weighted by molar-refractivity contribution is 7.13. The van der Waals surface area contributed by atoms with Crippen molar-refractivity contribution in [3.8, 4) is 0 Å².